The van der Waals surface area contributed by atoms with E-state index in [0.29, 0.717) is 17.6 Å². The van der Waals surface area contributed by atoms with Gasteiger partial charge in [-0.1, -0.05) is 38.1 Å². The number of rotatable bonds is 6. The van der Waals surface area contributed by atoms with E-state index >= 15 is 0 Å². The molecule has 2 aromatic carbocycles. The minimum atomic E-state index is -3.83. The van der Waals surface area contributed by atoms with Gasteiger partial charge in [0.2, 0.25) is 0 Å². The lowest BCUT2D eigenvalue weighted by molar-refractivity contribution is 0.312. The first-order valence-electron chi connectivity index (χ1n) is 8.28. The number of ether oxygens (including phenoxy) is 1. The van der Waals surface area contributed by atoms with Crippen molar-refractivity contribution >= 4 is 21.1 Å². The molecule has 0 bridgehead atoms. The molecule has 0 spiro atoms. The molecule has 0 atom stereocenters. The van der Waals surface area contributed by atoms with Gasteiger partial charge in [-0.2, -0.15) is 8.42 Å². The Morgan fingerprint density at radius 3 is 2.64 bits per heavy atom. The Kier molecular flexibility index (Phi) is 4.76. The predicted molar refractivity (Wildman–Crippen MR) is 96.4 cm³/mol. The lowest BCUT2D eigenvalue weighted by Gasteiger charge is -2.15. The number of hydrogen-bond acceptors (Lipinski definition) is 5. The van der Waals surface area contributed by atoms with Crippen molar-refractivity contribution < 1.29 is 13.2 Å². The van der Waals surface area contributed by atoms with E-state index < -0.39 is 10.0 Å². The van der Waals surface area contributed by atoms with E-state index in [1.807, 2.05) is 20.8 Å². The molecule has 0 unspecified atom stereocenters. The van der Waals surface area contributed by atoms with Crippen LogP contribution < -0.4 is 4.74 Å². The molecule has 0 N–H and O–H groups in total. The summed E-state index contributed by atoms with van der Waals surface area (Å²) in [6.07, 6.45) is 0.891. The fourth-order valence-corrected chi connectivity index (χ4v) is 3.87. The maximum atomic E-state index is 13.0. The summed E-state index contributed by atoms with van der Waals surface area (Å²) in [6, 6.07) is 11.9. The van der Waals surface area contributed by atoms with Crippen LogP contribution in [0, 0.1) is 0 Å². The molecule has 0 saturated heterocycles. The lowest BCUT2D eigenvalue weighted by Crippen LogP contribution is -2.15. The summed E-state index contributed by atoms with van der Waals surface area (Å²) in [5, 5.41) is 7.77. The number of benzene rings is 2. The van der Waals surface area contributed by atoms with Crippen molar-refractivity contribution in [1.82, 2.24) is 14.4 Å². The summed E-state index contributed by atoms with van der Waals surface area (Å²) in [4.78, 5) is 0.177. The molecule has 0 amide bonds. The number of aromatic nitrogens is 3. The summed E-state index contributed by atoms with van der Waals surface area (Å²) >= 11 is 0. The Morgan fingerprint density at radius 2 is 1.92 bits per heavy atom. The van der Waals surface area contributed by atoms with Crippen LogP contribution in [0.1, 0.15) is 38.7 Å². The van der Waals surface area contributed by atoms with Crippen LogP contribution in [0.15, 0.2) is 47.4 Å². The van der Waals surface area contributed by atoms with E-state index in [-0.39, 0.29) is 10.8 Å². The number of nitrogens with zero attached hydrogens (tertiary/aromatic N) is 3. The molecule has 0 fully saturated rings. The van der Waals surface area contributed by atoms with Crippen molar-refractivity contribution in [2.45, 2.75) is 38.0 Å². The topological polar surface area (TPSA) is 74.1 Å². The van der Waals surface area contributed by atoms with E-state index in [0.717, 1.165) is 21.8 Å². The second kappa shape index (κ2) is 6.84. The van der Waals surface area contributed by atoms with Crippen molar-refractivity contribution in [2.24, 2.45) is 0 Å². The van der Waals surface area contributed by atoms with Gasteiger partial charge >= 0.3 is 0 Å². The summed E-state index contributed by atoms with van der Waals surface area (Å²) in [5.41, 5.74) is 1.86. The molecule has 0 saturated carbocycles. The van der Waals surface area contributed by atoms with Gasteiger partial charge in [0, 0.05) is 0 Å². The summed E-state index contributed by atoms with van der Waals surface area (Å²) in [5.74, 6) is 0.855. The predicted octanol–water partition coefficient (Wildman–Crippen LogP) is 3.58. The normalized spacial score (nSPS) is 12.0. The van der Waals surface area contributed by atoms with Crippen LogP contribution in [0.25, 0.3) is 11.0 Å². The average molecular weight is 359 g/mol. The zero-order chi connectivity index (χ0) is 18.0. The van der Waals surface area contributed by atoms with Crippen LogP contribution in [0.3, 0.4) is 0 Å². The van der Waals surface area contributed by atoms with Crippen molar-refractivity contribution in [3.8, 4) is 5.75 Å². The molecule has 7 heteroatoms. The Balaban J connectivity index is 2.10. The van der Waals surface area contributed by atoms with Crippen molar-refractivity contribution in [3.63, 3.8) is 0 Å². The maximum Gasteiger partial charge on any atom is 0.284 e. The number of hydrogen-bond donors (Lipinski definition) is 0. The SMILES string of the molecule is CCCOc1ccc(S(=O)(=O)n2nnc3ccccc32)cc1C(C)C. The number of para-hydroxylation sites is 1. The third-order valence-corrected chi connectivity index (χ3v) is 5.49. The molecule has 3 aromatic rings. The molecule has 0 aliphatic rings. The zero-order valence-electron chi connectivity index (χ0n) is 14.5. The van der Waals surface area contributed by atoms with Crippen LogP contribution in [-0.4, -0.2) is 29.4 Å². The molecule has 1 heterocycles. The van der Waals surface area contributed by atoms with Crippen molar-refractivity contribution in [2.75, 3.05) is 6.61 Å². The first kappa shape index (κ1) is 17.4. The fraction of sp³-hybridized carbons (Fsp3) is 0.333. The van der Waals surface area contributed by atoms with E-state index in [4.69, 9.17) is 4.74 Å². The van der Waals surface area contributed by atoms with Gasteiger partial charge in [0.1, 0.15) is 16.8 Å². The summed E-state index contributed by atoms with van der Waals surface area (Å²) < 4.78 is 32.8. The Labute approximate surface area is 147 Å². The standard InChI is InChI=1S/C18H21N3O3S/c1-4-11-24-18-10-9-14(12-15(18)13(2)3)25(22,23)21-17-8-6-5-7-16(17)19-20-21/h5-10,12-13H,4,11H2,1-3H3. The minimum absolute atomic E-state index is 0.134. The van der Waals surface area contributed by atoms with Crippen LogP contribution in [0.5, 0.6) is 5.75 Å². The van der Waals surface area contributed by atoms with Crippen molar-refractivity contribution in [3.05, 3.63) is 48.0 Å². The van der Waals surface area contributed by atoms with E-state index in [1.54, 1.807) is 42.5 Å². The van der Waals surface area contributed by atoms with Gasteiger partial charge in [-0.05, 0) is 48.2 Å². The van der Waals surface area contributed by atoms with Gasteiger partial charge in [-0.25, -0.2) is 0 Å². The Hall–Kier alpha value is -2.41. The van der Waals surface area contributed by atoms with Gasteiger partial charge < -0.3 is 4.74 Å². The second-order valence-corrected chi connectivity index (χ2v) is 7.90. The highest BCUT2D eigenvalue weighted by Gasteiger charge is 2.23. The van der Waals surface area contributed by atoms with Crippen LogP contribution in [0.2, 0.25) is 0 Å². The molecule has 0 aliphatic heterocycles. The van der Waals surface area contributed by atoms with E-state index in [1.165, 1.54) is 0 Å². The summed E-state index contributed by atoms with van der Waals surface area (Å²) in [6.45, 7) is 6.65. The first-order valence-corrected chi connectivity index (χ1v) is 9.72. The van der Waals surface area contributed by atoms with Gasteiger partial charge in [-0.15, -0.1) is 9.19 Å². The quantitative estimate of drug-likeness (QED) is 0.672. The first-order chi connectivity index (χ1) is 11.9. The molecular formula is C18H21N3O3S. The molecule has 132 valence electrons. The zero-order valence-corrected chi connectivity index (χ0v) is 15.3. The van der Waals surface area contributed by atoms with Crippen molar-refractivity contribution in [1.29, 1.82) is 0 Å². The minimum Gasteiger partial charge on any atom is -0.493 e. The Morgan fingerprint density at radius 1 is 1.16 bits per heavy atom. The fourth-order valence-electron chi connectivity index (χ4n) is 2.61. The molecule has 6 nitrogen and oxygen atoms in total. The number of fused-ring (bicyclic) bond motifs is 1. The van der Waals surface area contributed by atoms with Crippen LogP contribution in [-0.2, 0) is 10.0 Å². The van der Waals surface area contributed by atoms with Crippen LogP contribution >= 0.6 is 0 Å². The van der Waals surface area contributed by atoms with Gasteiger partial charge in [-0.3, -0.25) is 0 Å². The molecule has 0 radical (unpaired) electrons. The lowest BCUT2D eigenvalue weighted by atomic mass is 10.0. The molecule has 25 heavy (non-hydrogen) atoms. The molecular weight excluding hydrogens is 338 g/mol. The smallest absolute Gasteiger partial charge is 0.284 e. The summed E-state index contributed by atoms with van der Waals surface area (Å²) in [7, 11) is -3.83. The van der Waals surface area contributed by atoms with E-state index in [9.17, 15) is 8.42 Å². The third kappa shape index (κ3) is 3.24. The van der Waals surface area contributed by atoms with Crippen LogP contribution in [0.4, 0.5) is 0 Å². The van der Waals surface area contributed by atoms with Gasteiger partial charge in [0.25, 0.3) is 10.0 Å². The monoisotopic (exact) mass is 359 g/mol. The van der Waals surface area contributed by atoms with Gasteiger partial charge in [0.15, 0.2) is 0 Å². The van der Waals surface area contributed by atoms with Gasteiger partial charge in [0.05, 0.1) is 11.5 Å². The highest BCUT2D eigenvalue weighted by atomic mass is 32.2. The highest BCUT2D eigenvalue weighted by Crippen LogP contribution is 2.30. The largest absolute Gasteiger partial charge is 0.493 e. The second-order valence-electron chi connectivity index (χ2n) is 6.13. The third-order valence-electron chi connectivity index (χ3n) is 3.91. The average Bonchev–Trinajstić information content (AvgIpc) is 3.04. The molecule has 0 aliphatic carbocycles. The highest BCUT2D eigenvalue weighted by molar-refractivity contribution is 7.90. The molecule has 3 rings (SSSR count). The molecule has 1 aromatic heterocycles. The Bertz CT molecular complexity index is 994. The maximum absolute atomic E-state index is 13.0. The van der Waals surface area contributed by atoms with E-state index in [2.05, 4.69) is 10.3 Å².